The van der Waals surface area contributed by atoms with Crippen LogP contribution in [0.2, 0.25) is 0 Å². The van der Waals surface area contributed by atoms with Crippen LogP contribution < -0.4 is 5.56 Å². The van der Waals surface area contributed by atoms with Gasteiger partial charge in [-0.1, -0.05) is 35.1 Å². The predicted molar refractivity (Wildman–Crippen MR) is 84.8 cm³/mol. The predicted octanol–water partition coefficient (Wildman–Crippen LogP) is 2.39. The Morgan fingerprint density at radius 2 is 2.00 bits per heavy atom. The number of H-pyrrole nitrogens is 1. The zero-order chi connectivity index (χ0) is 16.4. The number of hydrogen-bond donors (Lipinski definition) is 1. The van der Waals surface area contributed by atoms with E-state index >= 15 is 0 Å². The summed E-state index contributed by atoms with van der Waals surface area (Å²) < 4.78 is 5.21. The van der Waals surface area contributed by atoms with Crippen LogP contribution >= 0.6 is 11.8 Å². The minimum Gasteiger partial charge on any atom is -0.334 e. The third-order valence-electron chi connectivity index (χ3n) is 3.14. The Kier molecular flexibility index (Phi) is 3.95. The van der Waals surface area contributed by atoms with Gasteiger partial charge in [-0.2, -0.15) is 10.2 Å². The Balaban J connectivity index is 2.30. The van der Waals surface area contributed by atoms with Crippen molar-refractivity contribution in [2.45, 2.75) is 12.1 Å². The molecule has 0 atom stereocenters. The van der Waals surface area contributed by atoms with Gasteiger partial charge in [0.15, 0.2) is 11.0 Å². The first-order valence-corrected chi connectivity index (χ1v) is 7.85. The SMILES string of the molecule is CSc1nc(-c2ccccc2-c2nc(C)no2)c(C#N)c(=O)[nH]1. The van der Waals surface area contributed by atoms with Gasteiger partial charge in [-0.3, -0.25) is 4.79 Å². The minimum atomic E-state index is -0.474. The van der Waals surface area contributed by atoms with Crippen molar-refractivity contribution in [3.63, 3.8) is 0 Å². The summed E-state index contributed by atoms with van der Waals surface area (Å²) in [6.45, 7) is 1.72. The molecule has 0 saturated heterocycles. The average molecular weight is 325 g/mol. The lowest BCUT2D eigenvalue weighted by Crippen LogP contribution is -2.14. The van der Waals surface area contributed by atoms with Gasteiger partial charge in [0.05, 0.1) is 5.69 Å². The van der Waals surface area contributed by atoms with Crippen molar-refractivity contribution in [1.29, 1.82) is 5.26 Å². The number of nitrogens with zero attached hydrogens (tertiary/aromatic N) is 4. The van der Waals surface area contributed by atoms with Crippen LogP contribution in [0.3, 0.4) is 0 Å². The van der Waals surface area contributed by atoms with E-state index in [-0.39, 0.29) is 5.56 Å². The number of thioether (sulfide) groups is 1. The summed E-state index contributed by atoms with van der Waals surface area (Å²) in [7, 11) is 0. The highest BCUT2D eigenvalue weighted by Crippen LogP contribution is 2.31. The standard InChI is InChI=1S/C15H11N5O2S/c1-8-17-14(22-20-8)10-6-4-3-5-9(10)12-11(7-16)13(21)19-15(18-12)23-2/h3-6H,1-2H3,(H,18,19,21). The molecule has 0 amide bonds. The van der Waals surface area contributed by atoms with E-state index in [1.54, 1.807) is 31.4 Å². The first-order valence-electron chi connectivity index (χ1n) is 6.62. The number of aryl methyl sites for hydroxylation is 1. The van der Waals surface area contributed by atoms with Crippen molar-refractivity contribution >= 4 is 11.8 Å². The molecule has 23 heavy (non-hydrogen) atoms. The van der Waals surface area contributed by atoms with Crippen LogP contribution in [0.25, 0.3) is 22.7 Å². The van der Waals surface area contributed by atoms with Crippen LogP contribution in [0.5, 0.6) is 0 Å². The quantitative estimate of drug-likeness (QED) is 0.581. The third kappa shape index (κ3) is 2.74. The molecule has 0 saturated carbocycles. The molecule has 2 heterocycles. The van der Waals surface area contributed by atoms with Crippen molar-refractivity contribution in [3.05, 3.63) is 46.0 Å². The van der Waals surface area contributed by atoms with Crippen molar-refractivity contribution in [1.82, 2.24) is 20.1 Å². The van der Waals surface area contributed by atoms with Gasteiger partial charge < -0.3 is 9.51 Å². The molecule has 0 bridgehead atoms. The molecular formula is C15H11N5O2S. The van der Waals surface area contributed by atoms with E-state index in [0.29, 0.717) is 33.7 Å². The second-order valence-electron chi connectivity index (χ2n) is 4.60. The third-order valence-corrected chi connectivity index (χ3v) is 3.72. The van der Waals surface area contributed by atoms with E-state index in [0.717, 1.165) is 0 Å². The minimum absolute atomic E-state index is 0.0495. The van der Waals surface area contributed by atoms with Crippen LogP contribution in [0, 0.1) is 18.3 Å². The summed E-state index contributed by atoms with van der Waals surface area (Å²) >= 11 is 1.29. The van der Waals surface area contributed by atoms with Crippen molar-refractivity contribution in [2.75, 3.05) is 6.26 Å². The van der Waals surface area contributed by atoms with Gasteiger partial charge in [0, 0.05) is 11.1 Å². The Hall–Kier alpha value is -2.92. The number of benzene rings is 1. The second kappa shape index (κ2) is 6.06. The number of nitrogens with one attached hydrogen (secondary N) is 1. The fraction of sp³-hybridized carbons (Fsp3) is 0.133. The Labute approximate surface area is 135 Å². The molecule has 0 aliphatic rings. The smallest absolute Gasteiger partial charge is 0.270 e. The van der Waals surface area contributed by atoms with Crippen molar-refractivity contribution in [2.24, 2.45) is 0 Å². The van der Waals surface area contributed by atoms with E-state index in [1.807, 2.05) is 12.1 Å². The average Bonchev–Trinajstić information content (AvgIpc) is 3.00. The Morgan fingerprint density at radius 3 is 2.61 bits per heavy atom. The lowest BCUT2D eigenvalue weighted by molar-refractivity contribution is 0.426. The van der Waals surface area contributed by atoms with E-state index < -0.39 is 5.56 Å². The zero-order valence-electron chi connectivity index (χ0n) is 12.3. The molecule has 1 N–H and O–H groups in total. The van der Waals surface area contributed by atoms with Crippen LogP contribution in [-0.2, 0) is 0 Å². The van der Waals surface area contributed by atoms with Gasteiger partial charge in [0.25, 0.3) is 11.4 Å². The molecule has 3 aromatic rings. The first kappa shape index (κ1) is 15.0. The number of rotatable bonds is 3. The van der Waals surface area contributed by atoms with Gasteiger partial charge in [-0.15, -0.1) is 0 Å². The maximum absolute atomic E-state index is 12.1. The summed E-state index contributed by atoms with van der Waals surface area (Å²) in [5, 5.41) is 13.5. The molecule has 1 aromatic carbocycles. The van der Waals surface area contributed by atoms with Crippen LogP contribution in [0.1, 0.15) is 11.4 Å². The van der Waals surface area contributed by atoms with E-state index in [4.69, 9.17) is 4.52 Å². The molecule has 114 valence electrons. The van der Waals surface area contributed by atoms with Gasteiger partial charge in [-0.05, 0) is 19.2 Å². The number of hydrogen-bond acceptors (Lipinski definition) is 7. The highest BCUT2D eigenvalue weighted by Gasteiger charge is 2.19. The van der Waals surface area contributed by atoms with Crippen LogP contribution in [0.15, 0.2) is 38.7 Å². The lowest BCUT2D eigenvalue weighted by atomic mass is 10.0. The Morgan fingerprint density at radius 1 is 1.26 bits per heavy atom. The van der Waals surface area contributed by atoms with Crippen LogP contribution in [0.4, 0.5) is 0 Å². The number of aromatic nitrogens is 4. The van der Waals surface area contributed by atoms with Gasteiger partial charge in [0.2, 0.25) is 0 Å². The molecule has 3 rings (SSSR count). The highest BCUT2D eigenvalue weighted by atomic mass is 32.2. The molecule has 0 fully saturated rings. The molecule has 2 aromatic heterocycles. The van der Waals surface area contributed by atoms with Gasteiger partial charge in [-0.25, -0.2) is 4.98 Å². The molecule has 0 aliphatic carbocycles. The second-order valence-corrected chi connectivity index (χ2v) is 5.40. The monoisotopic (exact) mass is 325 g/mol. The van der Waals surface area contributed by atoms with Crippen molar-refractivity contribution < 1.29 is 4.52 Å². The Bertz CT molecular complexity index is 970. The largest absolute Gasteiger partial charge is 0.334 e. The van der Waals surface area contributed by atoms with E-state index in [2.05, 4.69) is 20.1 Å². The first-order chi connectivity index (χ1) is 11.1. The fourth-order valence-corrected chi connectivity index (χ4v) is 2.51. The maximum atomic E-state index is 12.1. The van der Waals surface area contributed by atoms with E-state index in [9.17, 15) is 10.1 Å². The number of nitriles is 1. The summed E-state index contributed by atoms with van der Waals surface area (Å²) in [4.78, 5) is 23.3. The topological polar surface area (TPSA) is 108 Å². The summed E-state index contributed by atoms with van der Waals surface area (Å²) in [6, 6.07) is 9.07. The molecule has 0 radical (unpaired) electrons. The maximum Gasteiger partial charge on any atom is 0.270 e. The van der Waals surface area contributed by atoms with Gasteiger partial charge >= 0.3 is 0 Å². The lowest BCUT2D eigenvalue weighted by Gasteiger charge is -2.08. The van der Waals surface area contributed by atoms with Gasteiger partial charge in [0.1, 0.15) is 11.6 Å². The molecule has 0 aliphatic heterocycles. The molecule has 8 heteroatoms. The molecular weight excluding hydrogens is 314 g/mol. The molecule has 0 spiro atoms. The molecule has 0 unspecified atom stereocenters. The summed E-state index contributed by atoms with van der Waals surface area (Å²) in [6.07, 6.45) is 1.79. The zero-order valence-corrected chi connectivity index (χ0v) is 13.1. The summed E-state index contributed by atoms with van der Waals surface area (Å²) in [5.74, 6) is 0.814. The molecule has 7 nitrogen and oxygen atoms in total. The van der Waals surface area contributed by atoms with E-state index in [1.165, 1.54) is 11.8 Å². The summed E-state index contributed by atoms with van der Waals surface area (Å²) in [5.41, 5.74) is 0.987. The van der Waals surface area contributed by atoms with Crippen molar-refractivity contribution in [3.8, 4) is 28.8 Å². The van der Waals surface area contributed by atoms with Crippen LogP contribution in [-0.4, -0.2) is 26.4 Å². The number of aromatic amines is 1. The normalized spacial score (nSPS) is 10.5. The highest BCUT2D eigenvalue weighted by molar-refractivity contribution is 7.98. The fourth-order valence-electron chi connectivity index (χ4n) is 2.13.